The molecule has 0 aliphatic rings. The van der Waals surface area contributed by atoms with Crippen molar-refractivity contribution in [2.24, 2.45) is 0 Å². The second kappa shape index (κ2) is 3.72. The third-order valence-corrected chi connectivity index (χ3v) is 3.74. The molecular weight excluding hydrogens is 236 g/mol. The summed E-state index contributed by atoms with van der Waals surface area (Å²) in [5.41, 5.74) is 0. The summed E-state index contributed by atoms with van der Waals surface area (Å²) in [5.74, 6) is -0.938. The lowest BCUT2D eigenvalue weighted by Crippen LogP contribution is -2.02. The Kier molecular flexibility index (Phi) is 2.54. The molecule has 0 spiro atoms. The number of hydrogen-bond donors (Lipinski definition) is 2. The number of rotatable bonds is 2. The average molecular weight is 243 g/mol. The fourth-order valence-corrected chi connectivity index (χ4v) is 2.56. The maximum Gasteiger partial charge on any atom is 0.327 e. The molecule has 5 heteroatoms. The predicted molar refractivity (Wildman–Crippen MR) is 59.7 cm³/mol. The number of phenolic OH excluding ortho intramolecular Hbond substituents is 1. The van der Waals surface area contributed by atoms with E-state index in [0.717, 1.165) is 4.70 Å². The van der Waals surface area contributed by atoms with E-state index in [0.29, 0.717) is 10.3 Å². The number of fused-ring (bicyclic) bond motifs is 1. The summed E-state index contributed by atoms with van der Waals surface area (Å²) in [6.07, 6.45) is 0. The Morgan fingerprint density at radius 3 is 2.80 bits per heavy atom. The number of aromatic hydroxyl groups is 1. The van der Waals surface area contributed by atoms with E-state index in [1.807, 2.05) is 6.07 Å². The number of phenols is 1. The molecule has 78 valence electrons. The minimum Gasteiger partial charge on any atom is -0.507 e. The van der Waals surface area contributed by atoms with Gasteiger partial charge in [-0.3, -0.25) is 4.79 Å². The smallest absolute Gasteiger partial charge is 0.327 e. The zero-order valence-corrected chi connectivity index (χ0v) is 9.05. The van der Waals surface area contributed by atoms with Gasteiger partial charge in [-0.25, -0.2) is 0 Å². The van der Waals surface area contributed by atoms with Crippen LogP contribution in [0.1, 0.15) is 10.3 Å². The summed E-state index contributed by atoms with van der Waals surface area (Å²) in [6.45, 7) is 0. The first kappa shape index (κ1) is 10.3. The van der Waals surface area contributed by atoms with E-state index in [2.05, 4.69) is 0 Å². The maximum atomic E-state index is 10.7. The van der Waals surface area contributed by atoms with Gasteiger partial charge in [-0.05, 0) is 18.2 Å². The quantitative estimate of drug-likeness (QED) is 0.796. The molecule has 2 aromatic rings. The predicted octanol–water partition coefficient (Wildman–Crippen LogP) is 2.97. The molecule has 0 aliphatic carbocycles. The third kappa shape index (κ3) is 1.78. The van der Waals surface area contributed by atoms with E-state index >= 15 is 0 Å². The van der Waals surface area contributed by atoms with Crippen LogP contribution in [0.25, 0.3) is 10.1 Å². The molecule has 1 aromatic heterocycles. The highest BCUT2D eigenvalue weighted by atomic mass is 35.5. The summed E-state index contributed by atoms with van der Waals surface area (Å²) in [6, 6.07) is 6.70. The first-order valence-electron chi connectivity index (χ1n) is 4.18. The topological polar surface area (TPSA) is 57.5 Å². The average Bonchev–Trinajstić information content (AvgIpc) is 2.61. The molecule has 0 fully saturated rings. The van der Waals surface area contributed by atoms with E-state index in [4.69, 9.17) is 16.7 Å². The fraction of sp³-hybridized carbons (Fsp3) is 0.100. The molecule has 1 heterocycles. The van der Waals surface area contributed by atoms with Crippen LogP contribution in [-0.4, -0.2) is 16.2 Å². The number of hydrogen-bond acceptors (Lipinski definition) is 3. The number of benzene rings is 1. The molecule has 3 nitrogen and oxygen atoms in total. The lowest BCUT2D eigenvalue weighted by atomic mass is 10.2. The number of carboxylic acid groups (broad SMARTS) is 1. The van der Waals surface area contributed by atoms with Crippen molar-refractivity contribution in [3.63, 3.8) is 0 Å². The van der Waals surface area contributed by atoms with Gasteiger partial charge in [0.25, 0.3) is 0 Å². The minimum atomic E-state index is -1.08. The van der Waals surface area contributed by atoms with Crippen LogP contribution in [0.15, 0.2) is 24.3 Å². The number of aliphatic carboxylic acids is 1. The zero-order chi connectivity index (χ0) is 11.0. The Bertz CT molecular complexity index is 520. The summed E-state index contributed by atoms with van der Waals surface area (Å²) in [5, 5.41) is 17.9. The summed E-state index contributed by atoms with van der Waals surface area (Å²) < 4.78 is 0.830. The van der Waals surface area contributed by atoms with E-state index < -0.39 is 11.3 Å². The second-order valence-corrected chi connectivity index (χ2v) is 4.59. The Balaban J connectivity index is 2.56. The molecule has 0 aliphatic heterocycles. The van der Waals surface area contributed by atoms with Gasteiger partial charge >= 0.3 is 5.97 Å². The van der Waals surface area contributed by atoms with Crippen molar-refractivity contribution in [1.82, 2.24) is 0 Å². The van der Waals surface area contributed by atoms with E-state index in [-0.39, 0.29) is 5.75 Å². The van der Waals surface area contributed by atoms with Crippen LogP contribution >= 0.6 is 22.9 Å². The number of alkyl halides is 1. The molecule has 1 unspecified atom stereocenters. The van der Waals surface area contributed by atoms with Gasteiger partial charge in [0.1, 0.15) is 5.75 Å². The first-order valence-corrected chi connectivity index (χ1v) is 5.43. The Morgan fingerprint density at radius 1 is 1.47 bits per heavy atom. The molecule has 1 aromatic carbocycles. The first-order chi connectivity index (χ1) is 7.09. The lowest BCUT2D eigenvalue weighted by molar-refractivity contribution is -0.136. The fourth-order valence-electron chi connectivity index (χ4n) is 1.31. The third-order valence-electron chi connectivity index (χ3n) is 2.02. The Labute approximate surface area is 94.5 Å². The number of carbonyl (C=O) groups is 1. The normalized spacial score (nSPS) is 12.9. The molecule has 1 atom stereocenters. The van der Waals surface area contributed by atoms with E-state index in [1.54, 1.807) is 18.2 Å². The molecule has 15 heavy (non-hydrogen) atoms. The number of thiophene rings is 1. The van der Waals surface area contributed by atoms with Crippen molar-refractivity contribution >= 4 is 39.0 Å². The van der Waals surface area contributed by atoms with Gasteiger partial charge < -0.3 is 10.2 Å². The van der Waals surface area contributed by atoms with Gasteiger partial charge in [-0.1, -0.05) is 6.07 Å². The van der Waals surface area contributed by atoms with Gasteiger partial charge in [-0.15, -0.1) is 22.9 Å². The van der Waals surface area contributed by atoms with Gasteiger partial charge in [0.15, 0.2) is 5.38 Å². The van der Waals surface area contributed by atoms with Crippen molar-refractivity contribution in [2.45, 2.75) is 5.38 Å². The molecule has 0 bridgehead atoms. The monoisotopic (exact) mass is 242 g/mol. The highest BCUT2D eigenvalue weighted by Gasteiger charge is 2.19. The summed E-state index contributed by atoms with van der Waals surface area (Å²) in [7, 11) is 0. The lowest BCUT2D eigenvalue weighted by Gasteiger charge is -1.97. The van der Waals surface area contributed by atoms with Crippen LogP contribution in [-0.2, 0) is 4.79 Å². The molecule has 0 radical (unpaired) electrons. The van der Waals surface area contributed by atoms with Crippen molar-refractivity contribution in [3.8, 4) is 5.75 Å². The van der Waals surface area contributed by atoms with Crippen LogP contribution < -0.4 is 0 Å². The Morgan fingerprint density at radius 2 is 2.20 bits per heavy atom. The van der Waals surface area contributed by atoms with Crippen molar-refractivity contribution in [2.75, 3.05) is 0 Å². The van der Waals surface area contributed by atoms with E-state index in [1.165, 1.54) is 11.3 Å². The highest BCUT2D eigenvalue weighted by molar-refractivity contribution is 7.19. The zero-order valence-electron chi connectivity index (χ0n) is 7.48. The SMILES string of the molecule is O=C(O)C(Cl)c1cc2c(O)cccc2s1. The maximum absolute atomic E-state index is 10.7. The van der Waals surface area contributed by atoms with Crippen LogP contribution in [0.3, 0.4) is 0 Å². The van der Waals surface area contributed by atoms with E-state index in [9.17, 15) is 9.90 Å². The Hall–Kier alpha value is -1.26. The largest absolute Gasteiger partial charge is 0.507 e. The molecule has 2 N–H and O–H groups in total. The number of carboxylic acids is 1. The molecule has 0 amide bonds. The number of halogens is 1. The van der Waals surface area contributed by atoms with Gasteiger partial charge in [0.05, 0.1) is 0 Å². The van der Waals surface area contributed by atoms with Crippen LogP contribution in [0.4, 0.5) is 0 Å². The summed E-state index contributed by atoms with van der Waals surface area (Å²) in [4.78, 5) is 11.2. The molecule has 0 saturated carbocycles. The van der Waals surface area contributed by atoms with Crippen LogP contribution in [0, 0.1) is 0 Å². The van der Waals surface area contributed by atoms with Gasteiger partial charge in [0.2, 0.25) is 0 Å². The molecule has 0 saturated heterocycles. The van der Waals surface area contributed by atoms with Crippen LogP contribution in [0.2, 0.25) is 0 Å². The standard InChI is InChI=1S/C10H7ClO3S/c11-9(10(13)14)8-4-5-6(12)2-1-3-7(5)15-8/h1-4,9,12H,(H,13,14). The highest BCUT2D eigenvalue weighted by Crippen LogP contribution is 2.36. The van der Waals surface area contributed by atoms with Crippen molar-refractivity contribution < 1.29 is 15.0 Å². The molecule has 2 rings (SSSR count). The molecular formula is C10H7ClO3S. The minimum absolute atomic E-state index is 0.143. The van der Waals surface area contributed by atoms with Crippen molar-refractivity contribution in [1.29, 1.82) is 0 Å². The van der Waals surface area contributed by atoms with Gasteiger partial charge in [-0.2, -0.15) is 0 Å². The van der Waals surface area contributed by atoms with Crippen molar-refractivity contribution in [3.05, 3.63) is 29.1 Å². The van der Waals surface area contributed by atoms with Crippen LogP contribution in [0.5, 0.6) is 5.75 Å². The second-order valence-electron chi connectivity index (χ2n) is 3.04. The van der Waals surface area contributed by atoms with Gasteiger partial charge in [0, 0.05) is 15.0 Å². The summed E-state index contributed by atoms with van der Waals surface area (Å²) >= 11 is 6.97.